The smallest absolute Gasteiger partial charge is 0.119 e. The fraction of sp³-hybridized carbons (Fsp3) is 0.455. The van der Waals surface area contributed by atoms with Crippen LogP contribution < -0.4 is 0 Å². The van der Waals surface area contributed by atoms with E-state index in [0.29, 0.717) is 0 Å². The van der Waals surface area contributed by atoms with Crippen LogP contribution in [0.5, 0.6) is 0 Å². The number of aliphatic hydroxyl groups is 1. The first-order valence-electron chi connectivity index (χ1n) is 8.68. The monoisotopic (exact) mass is 325 g/mol. The van der Waals surface area contributed by atoms with Crippen LogP contribution in [-0.4, -0.2) is 30.6 Å². The molecule has 0 radical (unpaired) electrons. The summed E-state index contributed by atoms with van der Waals surface area (Å²) >= 11 is 0. The Kier molecular flexibility index (Phi) is 5.52. The summed E-state index contributed by atoms with van der Waals surface area (Å²) in [5.41, 5.74) is 5.80. The lowest BCUT2D eigenvalue weighted by atomic mass is 9.74. The molecule has 0 fully saturated rings. The Morgan fingerprint density at radius 2 is 1.58 bits per heavy atom. The molecule has 2 aromatic rings. The first-order valence-corrected chi connectivity index (χ1v) is 8.68. The van der Waals surface area contributed by atoms with Crippen molar-refractivity contribution in [2.24, 2.45) is 5.92 Å². The van der Waals surface area contributed by atoms with Crippen LogP contribution in [0.2, 0.25) is 0 Å². The summed E-state index contributed by atoms with van der Waals surface area (Å²) < 4.78 is 0. The minimum atomic E-state index is -1.00. The zero-order chi connectivity index (χ0) is 18.1. The van der Waals surface area contributed by atoms with Crippen LogP contribution in [0.3, 0.4) is 0 Å². The summed E-state index contributed by atoms with van der Waals surface area (Å²) in [5.74, 6) is 0.0649. The third-order valence-corrected chi connectivity index (χ3v) is 5.06. The number of hydrogen-bond acceptors (Lipinski definition) is 2. The van der Waals surface area contributed by atoms with Gasteiger partial charge >= 0.3 is 0 Å². The van der Waals surface area contributed by atoms with Crippen LogP contribution >= 0.6 is 0 Å². The molecule has 0 bridgehead atoms. The lowest BCUT2D eigenvalue weighted by molar-refractivity contribution is 0.0128. The third kappa shape index (κ3) is 3.55. The van der Waals surface area contributed by atoms with Crippen molar-refractivity contribution < 1.29 is 5.11 Å². The molecule has 0 aliphatic rings. The first-order chi connectivity index (χ1) is 11.2. The maximum atomic E-state index is 12.0. The van der Waals surface area contributed by atoms with Crippen molar-refractivity contribution >= 4 is 0 Å². The van der Waals surface area contributed by atoms with Crippen LogP contribution in [0.25, 0.3) is 0 Å². The molecular weight excluding hydrogens is 294 g/mol. The largest absolute Gasteiger partial charge is 0.380 e. The van der Waals surface area contributed by atoms with Crippen molar-refractivity contribution in [2.45, 2.75) is 40.2 Å². The average molecular weight is 325 g/mol. The van der Waals surface area contributed by atoms with Gasteiger partial charge in [0.25, 0.3) is 0 Å². The van der Waals surface area contributed by atoms with E-state index in [2.05, 4.69) is 77.9 Å². The molecular formula is C22H31NO. The Hall–Kier alpha value is -1.64. The molecule has 2 unspecified atom stereocenters. The summed E-state index contributed by atoms with van der Waals surface area (Å²) in [6.07, 6.45) is 0. The summed E-state index contributed by atoms with van der Waals surface area (Å²) in [6.45, 7) is 11.4. The molecule has 1 N–H and O–H groups in total. The van der Waals surface area contributed by atoms with E-state index in [1.165, 1.54) is 16.7 Å². The van der Waals surface area contributed by atoms with E-state index in [1.54, 1.807) is 0 Å². The number of nitrogens with zero attached hydrogens (tertiary/aromatic N) is 1. The SMILES string of the molecule is Cc1cccc(C(O)(c2cc(C)c(C)cc2C)C(C)CN(C)C)c1. The Labute approximate surface area is 147 Å². The summed E-state index contributed by atoms with van der Waals surface area (Å²) in [4.78, 5) is 2.14. The number of rotatable bonds is 5. The molecule has 0 spiro atoms. The van der Waals surface area contributed by atoms with Gasteiger partial charge in [-0.15, -0.1) is 0 Å². The molecule has 0 aliphatic carbocycles. The van der Waals surface area contributed by atoms with Crippen molar-refractivity contribution in [1.29, 1.82) is 0 Å². The molecule has 24 heavy (non-hydrogen) atoms. The van der Waals surface area contributed by atoms with E-state index >= 15 is 0 Å². The second-order valence-electron chi connectivity index (χ2n) is 7.55. The van der Waals surface area contributed by atoms with Gasteiger partial charge in [-0.3, -0.25) is 0 Å². The van der Waals surface area contributed by atoms with Crippen molar-refractivity contribution in [3.63, 3.8) is 0 Å². The molecule has 2 atom stereocenters. The Balaban J connectivity index is 2.70. The van der Waals surface area contributed by atoms with Crippen molar-refractivity contribution in [1.82, 2.24) is 4.90 Å². The standard InChI is InChI=1S/C22H31NO/c1-15-9-8-10-20(11-15)22(24,19(5)14-23(6)7)21-13-17(3)16(2)12-18(21)4/h8-13,19,24H,14H2,1-7H3. The van der Waals surface area contributed by atoms with E-state index in [1.807, 2.05) is 12.1 Å². The molecule has 0 aromatic heterocycles. The molecule has 0 amide bonds. The quantitative estimate of drug-likeness (QED) is 0.883. The van der Waals surface area contributed by atoms with Gasteiger partial charge in [-0.05, 0) is 69.6 Å². The lowest BCUT2D eigenvalue weighted by Gasteiger charge is -2.38. The van der Waals surface area contributed by atoms with Gasteiger partial charge in [-0.1, -0.05) is 48.9 Å². The Morgan fingerprint density at radius 1 is 0.958 bits per heavy atom. The third-order valence-electron chi connectivity index (χ3n) is 5.06. The van der Waals surface area contributed by atoms with Crippen molar-refractivity contribution in [3.8, 4) is 0 Å². The topological polar surface area (TPSA) is 23.5 Å². The van der Waals surface area contributed by atoms with Crippen LogP contribution in [-0.2, 0) is 5.60 Å². The van der Waals surface area contributed by atoms with Gasteiger partial charge in [-0.2, -0.15) is 0 Å². The highest BCUT2D eigenvalue weighted by atomic mass is 16.3. The van der Waals surface area contributed by atoms with Gasteiger partial charge in [0.15, 0.2) is 0 Å². The summed E-state index contributed by atoms with van der Waals surface area (Å²) in [5, 5.41) is 12.0. The van der Waals surface area contributed by atoms with Gasteiger partial charge < -0.3 is 10.0 Å². The van der Waals surface area contributed by atoms with Gasteiger partial charge in [0.1, 0.15) is 5.60 Å². The van der Waals surface area contributed by atoms with E-state index < -0.39 is 5.60 Å². The molecule has 130 valence electrons. The average Bonchev–Trinajstić information content (AvgIpc) is 2.49. The zero-order valence-corrected chi connectivity index (χ0v) is 16.1. The second-order valence-corrected chi connectivity index (χ2v) is 7.55. The molecule has 0 saturated heterocycles. The van der Waals surface area contributed by atoms with Crippen LogP contribution in [0, 0.1) is 33.6 Å². The number of hydrogen-bond donors (Lipinski definition) is 1. The van der Waals surface area contributed by atoms with Gasteiger partial charge in [0.05, 0.1) is 0 Å². The predicted molar refractivity (Wildman–Crippen MR) is 103 cm³/mol. The maximum absolute atomic E-state index is 12.0. The van der Waals surface area contributed by atoms with Crippen LogP contribution in [0.1, 0.15) is 40.3 Å². The van der Waals surface area contributed by atoms with E-state index in [-0.39, 0.29) is 5.92 Å². The molecule has 0 saturated carbocycles. The summed E-state index contributed by atoms with van der Waals surface area (Å²) in [7, 11) is 4.11. The number of aryl methyl sites for hydroxylation is 4. The highest BCUT2D eigenvalue weighted by molar-refractivity contribution is 5.46. The normalized spacial score (nSPS) is 15.4. The highest BCUT2D eigenvalue weighted by Crippen LogP contribution is 2.40. The molecule has 2 heteroatoms. The van der Waals surface area contributed by atoms with Gasteiger partial charge in [-0.25, -0.2) is 0 Å². The zero-order valence-electron chi connectivity index (χ0n) is 16.1. The highest BCUT2D eigenvalue weighted by Gasteiger charge is 2.39. The fourth-order valence-corrected chi connectivity index (χ4v) is 3.64. The Morgan fingerprint density at radius 3 is 2.17 bits per heavy atom. The molecule has 2 aromatic carbocycles. The Bertz CT molecular complexity index is 720. The summed E-state index contributed by atoms with van der Waals surface area (Å²) in [6, 6.07) is 12.6. The minimum Gasteiger partial charge on any atom is -0.380 e. The molecule has 0 aliphatic heterocycles. The van der Waals surface area contributed by atoms with Gasteiger partial charge in [0.2, 0.25) is 0 Å². The predicted octanol–water partition coefficient (Wildman–Crippen LogP) is 4.35. The fourth-order valence-electron chi connectivity index (χ4n) is 3.64. The van der Waals surface area contributed by atoms with E-state index in [9.17, 15) is 5.11 Å². The van der Waals surface area contributed by atoms with Crippen LogP contribution in [0.4, 0.5) is 0 Å². The minimum absolute atomic E-state index is 0.0649. The van der Waals surface area contributed by atoms with E-state index in [0.717, 1.165) is 23.2 Å². The first kappa shape index (κ1) is 18.7. The van der Waals surface area contributed by atoms with Crippen molar-refractivity contribution in [2.75, 3.05) is 20.6 Å². The van der Waals surface area contributed by atoms with Crippen LogP contribution in [0.15, 0.2) is 36.4 Å². The van der Waals surface area contributed by atoms with Gasteiger partial charge in [0, 0.05) is 12.5 Å². The maximum Gasteiger partial charge on any atom is 0.119 e. The molecule has 2 nitrogen and oxygen atoms in total. The second kappa shape index (κ2) is 7.08. The van der Waals surface area contributed by atoms with Crippen molar-refractivity contribution in [3.05, 3.63) is 69.8 Å². The lowest BCUT2D eigenvalue weighted by Crippen LogP contribution is -2.41. The molecule has 2 rings (SSSR count). The number of benzene rings is 2. The molecule has 0 heterocycles. The van der Waals surface area contributed by atoms with E-state index in [4.69, 9.17) is 0 Å².